The van der Waals surface area contributed by atoms with E-state index in [0.717, 1.165) is 88.8 Å². The number of nitrogens with one attached hydrogen (secondary N) is 3. The molecule has 0 spiro atoms. The summed E-state index contributed by atoms with van der Waals surface area (Å²) in [4.78, 5) is 79.6. The van der Waals surface area contributed by atoms with Crippen LogP contribution in [-0.4, -0.2) is 156 Å². The van der Waals surface area contributed by atoms with Gasteiger partial charge >= 0.3 is 52.1 Å². The van der Waals surface area contributed by atoms with Crippen LogP contribution in [0, 0.1) is 67.5 Å². The average molecular weight is 1310 g/mol. The van der Waals surface area contributed by atoms with Gasteiger partial charge in [-0.05, 0) is 122 Å². The predicted octanol–water partition coefficient (Wildman–Crippen LogP) is 7.43. The zero-order valence-electron chi connectivity index (χ0n) is 46.3. The third-order valence-electron chi connectivity index (χ3n) is 16.4. The number of hydrogen-bond acceptors (Lipinski definition) is 11. The molecule has 8 rings (SSSR count). The first-order valence-corrected chi connectivity index (χ1v) is 31.5. The summed E-state index contributed by atoms with van der Waals surface area (Å²) in [6.45, 7) is 16.6. The van der Waals surface area contributed by atoms with Crippen molar-refractivity contribution in [1.82, 2.24) is 50.3 Å². The molecular weight excluding hydrogens is 1230 g/mol. The molecule has 436 valence electrons. The smallest absolute Gasteiger partial charge is 0.355 e. The van der Waals surface area contributed by atoms with Gasteiger partial charge in [-0.1, -0.05) is 86.8 Å². The first kappa shape index (κ1) is 63.4. The number of carbonyl (C=O) groups excluding carboxylic acids is 2. The standard InChI is InChI=1S/C57H81ClN10O8P2.Lu/c1-41-9-18-50-45(31-41)14-16-48(61-50)37-64-23-27-66(39-77(71,72)73)29-25-65(26-30-67(28-24-64)40-78(74,75)76)38-53(69)60-22-8-6-7-21-59-35-43-10-12-44(13-11-43)36-68-52(46-15-17-49(58)42(2)32-46)33-51(63-68)54(70)62-55-56(3,4)47-19-20-57(55,5)34-47;/h9-18,31-33,47,55,59H,6-8,19-30,34-40H2,1-5H3,(H,60,69)(H,62,70)(H2,71,72,73)(H2,74,75,76);/q;+3. The molecule has 3 atom stereocenters. The van der Waals surface area contributed by atoms with Crippen molar-refractivity contribution in [3.63, 3.8) is 0 Å². The predicted molar refractivity (Wildman–Crippen MR) is 307 cm³/mol. The maximum absolute atomic E-state index is 13.9. The van der Waals surface area contributed by atoms with Crippen LogP contribution in [0.2, 0.25) is 5.02 Å². The summed E-state index contributed by atoms with van der Waals surface area (Å²) in [6.07, 6.45) is 5.24. The molecule has 2 aliphatic carbocycles. The minimum Gasteiger partial charge on any atom is -0.355 e. The Morgan fingerprint density at radius 1 is 0.734 bits per heavy atom. The van der Waals surface area contributed by atoms with Crippen molar-refractivity contribution >= 4 is 49.5 Å². The summed E-state index contributed by atoms with van der Waals surface area (Å²) in [5, 5.41) is 16.6. The van der Waals surface area contributed by atoms with Crippen LogP contribution < -0.4 is 16.0 Å². The molecule has 0 radical (unpaired) electrons. The number of halogens is 1. The number of aryl methyl sites for hydroxylation is 2. The van der Waals surface area contributed by atoms with Crippen molar-refractivity contribution in [2.75, 3.05) is 84.6 Å². The molecule has 2 aromatic heterocycles. The number of fused-ring (bicyclic) bond motifs is 3. The Hall–Kier alpha value is -3.16. The fraction of sp³-hybridized carbons (Fsp3) is 0.544. The van der Waals surface area contributed by atoms with Gasteiger partial charge in [0.1, 0.15) is 12.6 Å². The van der Waals surface area contributed by atoms with Gasteiger partial charge in [0, 0.05) is 94.0 Å². The van der Waals surface area contributed by atoms with E-state index in [1.807, 2.05) is 72.0 Å². The van der Waals surface area contributed by atoms with Gasteiger partial charge in [-0.2, -0.15) is 5.10 Å². The fourth-order valence-corrected chi connectivity index (χ4v) is 13.8. The van der Waals surface area contributed by atoms with Crippen LogP contribution >= 0.6 is 26.8 Å². The van der Waals surface area contributed by atoms with E-state index in [9.17, 15) is 38.3 Å². The van der Waals surface area contributed by atoms with Crippen LogP contribution in [0.25, 0.3) is 22.2 Å². The third kappa shape index (κ3) is 18.2. The molecule has 1 saturated heterocycles. The number of unbranched alkanes of at least 4 members (excludes halogenated alkanes) is 2. The molecule has 3 aromatic carbocycles. The van der Waals surface area contributed by atoms with E-state index in [0.29, 0.717) is 82.1 Å². The van der Waals surface area contributed by atoms with E-state index < -0.39 is 27.8 Å². The Labute approximate surface area is 500 Å². The number of pyridine rings is 1. The summed E-state index contributed by atoms with van der Waals surface area (Å²) in [6, 6.07) is 26.4. The monoisotopic (exact) mass is 1310 g/mol. The summed E-state index contributed by atoms with van der Waals surface area (Å²) >= 11 is 6.42. The van der Waals surface area contributed by atoms with Gasteiger partial charge in [0.2, 0.25) is 5.91 Å². The van der Waals surface area contributed by atoms with E-state index in [4.69, 9.17) is 21.7 Å². The summed E-state index contributed by atoms with van der Waals surface area (Å²) in [5.41, 5.74) is 8.30. The number of hydrogen-bond donors (Lipinski definition) is 7. The van der Waals surface area contributed by atoms with Gasteiger partial charge in [-0.15, -0.1) is 0 Å². The van der Waals surface area contributed by atoms with Gasteiger partial charge in [0.15, 0.2) is 5.69 Å². The van der Waals surface area contributed by atoms with Gasteiger partial charge < -0.3 is 35.5 Å². The van der Waals surface area contributed by atoms with Crippen molar-refractivity contribution < 1.29 is 75.2 Å². The van der Waals surface area contributed by atoms with Crippen LogP contribution in [-0.2, 0) is 33.6 Å². The number of benzene rings is 3. The van der Waals surface area contributed by atoms with Crippen LogP contribution in [0.4, 0.5) is 0 Å². The van der Waals surface area contributed by atoms with Crippen molar-refractivity contribution in [1.29, 1.82) is 0 Å². The molecule has 18 nitrogen and oxygen atoms in total. The van der Waals surface area contributed by atoms with Gasteiger partial charge in [0.25, 0.3) is 5.91 Å². The van der Waals surface area contributed by atoms with Crippen molar-refractivity contribution in [2.24, 2.45) is 16.7 Å². The third-order valence-corrected chi connectivity index (χ3v) is 18.4. The molecule has 2 bridgehead atoms. The zero-order valence-corrected chi connectivity index (χ0v) is 50.5. The second-order valence-electron chi connectivity index (χ2n) is 23.2. The summed E-state index contributed by atoms with van der Waals surface area (Å²) < 4.78 is 26.5. The maximum atomic E-state index is 13.9. The Kier molecular flexibility index (Phi) is 22.4. The van der Waals surface area contributed by atoms with Gasteiger partial charge in [0.05, 0.1) is 30.0 Å². The molecule has 3 fully saturated rings. The quantitative estimate of drug-likeness (QED) is 0.0280. The molecule has 7 N–H and O–H groups in total. The van der Waals surface area contributed by atoms with E-state index >= 15 is 0 Å². The van der Waals surface area contributed by atoms with Crippen LogP contribution in [0.5, 0.6) is 0 Å². The average Bonchev–Trinajstić information content (AvgIpc) is 3.96. The minimum absolute atomic E-state index is 0. The fourth-order valence-electron chi connectivity index (χ4n) is 12.1. The number of carbonyl (C=O) groups is 2. The zero-order chi connectivity index (χ0) is 55.8. The van der Waals surface area contributed by atoms with E-state index in [1.165, 1.54) is 6.42 Å². The number of aromatic nitrogens is 3. The Morgan fingerprint density at radius 2 is 1.37 bits per heavy atom. The van der Waals surface area contributed by atoms with Crippen LogP contribution in [0.15, 0.2) is 78.9 Å². The first-order chi connectivity index (χ1) is 37.0. The molecule has 2 saturated carbocycles. The van der Waals surface area contributed by atoms with E-state index in [2.05, 4.69) is 72.0 Å². The summed E-state index contributed by atoms with van der Waals surface area (Å²) in [7, 11) is -8.82. The van der Waals surface area contributed by atoms with Crippen molar-refractivity contribution in [2.45, 2.75) is 98.8 Å². The van der Waals surface area contributed by atoms with Crippen LogP contribution in [0.1, 0.15) is 97.7 Å². The topological polar surface area (TPSA) is 229 Å². The molecule has 3 heterocycles. The van der Waals surface area contributed by atoms with Crippen LogP contribution in [0.3, 0.4) is 0 Å². The second kappa shape index (κ2) is 27.9. The van der Waals surface area contributed by atoms with Crippen molar-refractivity contribution in [3.05, 3.63) is 118 Å². The minimum atomic E-state index is -4.41. The van der Waals surface area contributed by atoms with Gasteiger partial charge in [-0.25, -0.2) is 0 Å². The largest absolute Gasteiger partial charge is 3.00 e. The van der Waals surface area contributed by atoms with E-state index in [1.54, 1.807) is 9.80 Å². The second-order valence-corrected chi connectivity index (χ2v) is 26.8. The molecule has 1 aliphatic heterocycles. The number of amides is 2. The molecule has 3 aliphatic rings. The molecule has 22 heteroatoms. The Balaban J connectivity index is 0.00000903. The maximum Gasteiger partial charge on any atom is 3.00 e. The number of rotatable bonds is 21. The van der Waals surface area contributed by atoms with Crippen molar-refractivity contribution in [3.8, 4) is 11.3 Å². The normalized spacial score (nSPS) is 20.9. The SMILES string of the molecule is Cc1ccc2nc(CN3CCN(CP(=O)(O)O)CCN(CC(=O)NCCCCCNCc4ccc(Cn5nc(C(=O)NC6C7(C)CCC(C7)C6(C)C)cc5-c5ccc(Cl)c(C)c5)cc4)CCN(CP(=O)(O)O)CC3)ccc2c1.[Lu+3]. The Morgan fingerprint density at radius 3 is 2.00 bits per heavy atom. The van der Waals surface area contributed by atoms with E-state index in [-0.39, 0.29) is 85.2 Å². The summed E-state index contributed by atoms with van der Waals surface area (Å²) in [5.74, 6) is 0.288. The number of nitrogens with zero attached hydrogens (tertiary/aromatic N) is 7. The van der Waals surface area contributed by atoms with Gasteiger partial charge in [-0.3, -0.25) is 48.0 Å². The first-order valence-electron chi connectivity index (χ1n) is 27.5. The molecule has 5 aromatic rings. The molecule has 79 heavy (non-hydrogen) atoms. The molecular formula is C57H81ClLuN10O8P2+3. The molecule has 2 amide bonds. The molecule has 3 unspecified atom stereocenters. The Bertz CT molecular complexity index is 2930.